The maximum Gasteiger partial charge on any atom is 0.311 e. The highest BCUT2D eigenvalue weighted by Gasteiger charge is 2.44. The van der Waals surface area contributed by atoms with Crippen LogP contribution in [0.15, 0.2) is 11.6 Å². The number of aliphatic hydroxyl groups is 3. The number of nitrogens with two attached hydrogens (primary N) is 1. The highest BCUT2D eigenvalue weighted by Crippen LogP contribution is 2.34. The fraction of sp³-hybridized carbons (Fsp3) is 0.862. The van der Waals surface area contributed by atoms with Crippen molar-refractivity contribution in [1.29, 1.82) is 0 Å². The van der Waals surface area contributed by atoms with Crippen molar-refractivity contribution in [3.05, 3.63) is 11.6 Å². The van der Waals surface area contributed by atoms with Crippen LogP contribution in [0.2, 0.25) is 0 Å². The molecule has 0 saturated carbocycles. The maximum absolute atomic E-state index is 13.4. The Hall–Kier alpha value is -1.40. The van der Waals surface area contributed by atoms with Gasteiger partial charge in [0, 0.05) is 30.0 Å². The Labute approximate surface area is 233 Å². The second kappa shape index (κ2) is 14.0. The lowest BCUT2D eigenvalue weighted by Gasteiger charge is -2.44. The first-order chi connectivity index (χ1) is 18.0. The van der Waals surface area contributed by atoms with E-state index in [0.29, 0.717) is 19.3 Å². The third-order valence-electron chi connectivity index (χ3n) is 8.53. The van der Waals surface area contributed by atoms with Gasteiger partial charge in [-0.25, -0.2) is 0 Å². The van der Waals surface area contributed by atoms with E-state index in [4.69, 9.17) is 19.9 Å². The molecule has 2 aliphatic rings. The second-order valence-corrected chi connectivity index (χ2v) is 12.2. The number of nitrogens with zero attached hydrogens (tertiary/aromatic N) is 1. The number of hydrogen-bond acceptors (Lipinski definition) is 10. The van der Waals surface area contributed by atoms with E-state index in [-0.39, 0.29) is 36.0 Å². The van der Waals surface area contributed by atoms with E-state index in [1.165, 1.54) is 13.0 Å². The Morgan fingerprint density at radius 3 is 2.26 bits per heavy atom. The van der Waals surface area contributed by atoms with Crippen LogP contribution in [0.25, 0.3) is 0 Å². The van der Waals surface area contributed by atoms with Crippen molar-refractivity contribution in [1.82, 2.24) is 4.90 Å². The lowest BCUT2D eigenvalue weighted by Crippen LogP contribution is -2.56. The van der Waals surface area contributed by atoms with Crippen molar-refractivity contribution < 1.29 is 39.1 Å². The number of ketones is 1. The quantitative estimate of drug-likeness (QED) is 0.368. The van der Waals surface area contributed by atoms with E-state index in [2.05, 4.69) is 0 Å². The number of ether oxygens (including phenoxy) is 3. The molecule has 0 aliphatic carbocycles. The molecule has 0 amide bonds. The lowest BCUT2D eigenvalue weighted by atomic mass is 9.79. The van der Waals surface area contributed by atoms with Crippen LogP contribution in [0.1, 0.15) is 67.7 Å². The summed E-state index contributed by atoms with van der Waals surface area (Å²) in [4.78, 5) is 28.5. The summed E-state index contributed by atoms with van der Waals surface area (Å²) < 4.78 is 18.1. The first-order valence-corrected chi connectivity index (χ1v) is 14.3. The van der Waals surface area contributed by atoms with Crippen LogP contribution < -0.4 is 5.73 Å². The van der Waals surface area contributed by atoms with Gasteiger partial charge in [0.25, 0.3) is 0 Å². The molecule has 1 fully saturated rings. The van der Waals surface area contributed by atoms with Crippen LogP contribution in [0.5, 0.6) is 0 Å². The average molecular weight is 557 g/mol. The van der Waals surface area contributed by atoms with Gasteiger partial charge in [-0.15, -0.1) is 0 Å². The van der Waals surface area contributed by atoms with Crippen LogP contribution in [0, 0.1) is 23.7 Å². The van der Waals surface area contributed by atoms with Crippen molar-refractivity contribution in [3.63, 3.8) is 0 Å². The van der Waals surface area contributed by atoms with Gasteiger partial charge in [-0.2, -0.15) is 0 Å². The third kappa shape index (κ3) is 8.09. The highest BCUT2D eigenvalue weighted by atomic mass is 16.7. The summed E-state index contributed by atoms with van der Waals surface area (Å²) in [5.74, 6) is -3.11. The molecule has 12 atom stereocenters. The number of Topliss-reactive ketones (excluding diaryl/α,β-unsaturated/α-hetero) is 1. The Bertz CT molecular complexity index is 862. The standard InChI is InChI=1S/C29H52N2O8/c1-10-22-29(7,36)13-20(14-30)23(32)15(2)11-16(3)26(18(5)24(33)19(6)27(35)38-22)39-28-25(34)21(31(8)9)12-17(4)37-28/h13,15-19,21-22,24-26,28,33-34,36H,10-12,14,30H2,1-9H3/b20-13+/t15-,16+,17-,18+,19-,21?,22?,24+,25-,26+,28+,29+/m1/s1. The summed E-state index contributed by atoms with van der Waals surface area (Å²) in [7, 11) is 3.78. The summed E-state index contributed by atoms with van der Waals surface area (Å²) in [6, 6.07) is -0.182. The molecule has 0 aromatic heterocycles. The minimum Gasteiger partial charge on any atom is -0.459 e. The predicted molar refractivity (Wildman–Crippen MR) is 148 cm³/mol. The largest absolute Gasteiger partial charge is 0.459 e. The Balaban J connectivity index is 2.51. The van der Waals surface area contributed by atoms with Gasteiger partial charge in [0.2, 0.25) is 0 Å². The predicted octanol–water partition coefficient (Wildman–Crippen LogP) is 1.63. The molecule has 1 saturated heterocycles. The number of rotatable bonds is 5. The molecular weight excluding hydrogens is 504 g/mol. The molecule has 0 aromatic carbocycles. The summed E-state index contributed by atoms with van der Waals surface area (Å²) in [6.07, 6.45) is -2.07. The van der Waals surface area contributed by atoms with Gasteiger partial charge >= 0.3 is 5.97 Å². The SMILES string of the molecule is CCC1OC(=O)[C@H](C)[C@@H](O)[C@H](C)[C@@H](O[C@@H]2O[C@H](C)CC(N(C)C)[C@H]2O)[C@@H](C)C[C@@H](C)C(=O)/C(CN)=C/[C@]1(C)O. The molecule has 2 rings (SSSR count). The molecule has 0 aromatic rings. The molecule has 39 heavy (non-hydrogen) atoms. The van der Waals surface area contributed by atoms with Crippen molar-refractivity contribution >= 4 is 11.8 Å². The normalized spacial score (nSPS) is 44.9. The van der Waals surface area contributed by atoms with Crippen molar-refractivity contribution in [3.8, 4) is 0 Å². The topological polar surface area (TPSA) is 152 Å². The van der Waals surface area contributed by atoms with E-state index in [1.807, 2.05) is 32.8 Å². The van der Waals surface area contributed by atoms with Gasteiger partial charge < -0.3 is 40.2 Å². The maximum atomic E-state index is 13.4. The minimum absolute atomic E-state index is 0.0740. The van der Waals surface area contributed by atoms with Crippen LogP contribution in [-0.2, 0) is 23.8 Å². The number of esters is 1. The molecule has 5 N–H and O–H groups in total. The van der Waals surface area contributed by atoms with Crippen LogP contribution in [-0.4, -0.2) is 101 Å². The van der Waals surface area contributed by atoms with Crippen LogP contribution in [0.3, 0.4) is 0 Å². The zero-order chi connectivity index (χ0) is 29.8. The van der Waals surface area contributed by atoms with Gasteiger partial charge in [-0.05, 0) is 66.1 Å². The summed E-state index contributed by atoms with van der Waals surface area (Å²) >= 11 is 0. The number of hydrogen-bond donors (Lipinski definition) is 4. The van der Waals surface area contributed by atoms with Gasteiger partial charge in [0.15, 0.2) is 12.1 Å². The zero-order valence-electron chi connectivity index (χ0n) is 25.2. The first-order valence-electron chi connectivity index (χ1n) is 14.3. The number of likely N-dealkylation sites (N-methyl/N-ethyl adjacent to an activating group) is 1. The van der Waals surface area contributed by atoms with Crippen molar-refractivity contribution in [2.24, 2.45) is 29.4 Å². The van der Waals surface area contributed by atoms with E-state index in [1.54, 1.807) is 27.7 Å². The zero-order valence-corrected chi connectivity index (χ0v) is 25.2. The van der Waals surface area contributed by atoms with Gasteiger partial charge in [0.1, 0.15) is 17.8 Å². The summed E-state index contributed by atoms with van der Waals surface area (Å²) in [5.41, 5.74) is 4.56. The monoisotopic (exact) mass is 556 g/mol. The first kappa shape index (κ1) is 33.8. The minimum atomic E-state index is -1.62. The van der Waals surface area contributed by atoms with E-state index in [9.17, 15) is 24.9 Å². The molecule has 0 bridgehead atoms. The Kier molecular flexibility index (Phi) is 12.1. The molecular formula is C29H52N2O8. The summed E-state index contributed by atoms with van der Waals surface area (Å²) in [6.45, 7) is 12.2. The molecule has 2 aliphatic heterocycles. The number of aliphatic hydroxyl groups excluding tert-OH is 2. The fourth-order valence-corrected chi connectivity index (χ4v) is 6.03. The molecule has 2 heterocycles. The number of carbonyl (C=O) groups excluding carboxylic acids is 2. The highest BCUT2D eigenvalue weighted by molar-refractivity contribution is 5.97. The van der Waals surface area contributed by atoms with Crippen LogP contribution >= 0.6 is 0 Å². The Morgan fingerprint density at radius 2 is 1.72 bits per heavy atom. The van der Waals surface area contributed by atoms with Gasteiger partial charge in [-0.3, -0.25) is 9.59 Å². The smallest absolute Gasteiger partial charge is 0.311 e. The second-order valence-electron chi connectivity index (χ2n) is 12.2. The van der Waals surface area contributed by atoms with E-state index >= 15 is 0 Å². The van der Waals surface area contributed by atoms with Gasteiger partial charge in [-0.1, -0.05) is 27.7 Å². The molecule has 10 heteroatoms. The van der Waals surface area contributed by atoms with E-state index in [0.717, 1.165) is 0 Å². The fourth-order valence-electron chi connectivity index (χ4n) is 6.03. The van der Waals surface area contributed by atoms with Crippen molar-refractivity contribution in [2.45, 2.75) is 116 Å². The lowest BCUT2D eigenvalue weighted by molar-refractivity contribution is -0.283. The van der Waals surface area contributed by atoms with Crippen LogP contribution in [0.4, 0.5) is 0 Å². The molecule has 226 valence electrons. The third-order valence-corrected chi connectivity index (χ3v) is 8.53. The van der Waals surface area contributed by atoms with Crippen molar-refractivity contribution in [2.75, 3.05) is 20.6 Å². The Morgan fingerprint density at radius 1 is 1.10 bits per heavy atom. The molecule has 2 unspecified atom stereocenters. The number of cyclic esters (lactones) is 1. The van der Waals surface area contributed by atoms with Gasteiger partial charge in [0.05, 0.1) is 24.2 Å². The molecule has 0 spiro atoms. The average Bonchev–Trinajstić information content (AvgIpc) is 2.87. The molecule has 0 radical (unpaired) electrons. The summed E-state index contributed by atoms with van der Waals surface area (Å²) in [5, 5.41) is 33.6. The van der Waals surface area contributed by atoms with E-state index < -0.39 is 60.0 Å². The molecule has 10 nitrogen and oxygen atoms in total. The number of carbonyl (C=O) groups is 2.